The van der Waals surface area contributed by atoms with E-state index in [9.17, 15) is 4.79 Å². The molecule has 0 saturated heterocycles. The topological polar surface area (TPSA) is 54.0 Å². The zero-order valence-corrected chi connectivity index (χ0v) is 33.2. The van der Waals surface area contributed by atoms with E-state index in [1.807, 2.05) is 0 Å². The number of carbonyl (C=O) groups is 1. The van der Waals surface area contributed by atoms with Crippen LogP contribution in [0.1, 0.15) is 113 Å². The molecule has 256 valence electrons. The second kappa shape index (κ2) is 14.1. The highest BCUT2D eigenvalue weighted by atomic mass is 28.4. The van der Waals surface area contributed by atoms with Gasteiger partial charge in [0.1, 0.15) is 0 Å². The summed E-state index contributed by atoms with van der Waals surface area (Å²) in [6.45, 7) is 32.8. The maximum absolute atomic E-state index is 11.9. The zero-order valence-electron chi connectivity index (χ0n) is 31.2. The third kappa shape index (κ3) is 8.62. The Bertz CT molecular complexity index is 1180. The van der Waals surface area contributed by atoms with E-state index in [1.54, 1.807) is 11.1 Å². The van der Waals surface area contributed by atoms with Gasteiger partial charge in [0.15, 0.2) is 22.4 Å². The molecule has 7 heteroatoms. The molecule has 0 heterocycles. The first-order valence-corrected chi connectivity index (χ1v) is 23.3. The highest BCUT2D eigenvalue weighted by Crippen LogP contribution is 2.56. The average Bonchev–Trinajstić information content (AvgIpc) is 3.27. The van der Waals surface area contributed by atoms with Gasteiger partial charge in [-0.05, 0) is 97.3 Å². The molecule has 0 aromatic carbocycles. The average molecular weight is 659 g/mol. The van der Waals surface area contributed by atoms with Crippen LogP contribution >= 0.6 is 0 Å². The number of ether oxygens (including phenoxy) is 2. The van der Waals surface area contributed by atoms with Crippen LogP contribution < -0.4 is 0 Å². The quantitative estimate of drug-likeness (QED) is 0.0727. The maximum atomic E-state index is 11.9. The van der Waals surface area contributed by atoms with Crippen molar-refractivity contribution < 1.29 is 23.1 Å². The summed E-state index contributed by atoms with van der Waals surface area (Å²) in [7, 11) is -2.97. The monoisotopic (exact) mass is 658 g/mol. The fraction of sp³-hybridized carbons (Fsp3) is 0.763. The minimum absolute atomic E-state index is 0.00445. The normalized spacial score (nSPS) is 30.1. The standard InChI is InChI=1S/C38H66O5Si2/c1-15-31-22-23-32-29(18-16-24-37(31,32)9)20-21-30-26-38(41-25-17-19-34(39)40-10,43-45(13,14)36(6,7)8)27-33(28(30)2)42-44(11,12)35(3,4)5/h20-22,32-33H,2,15-19,23-27H2,1,3-14H3/t32-,33?,37+,38-/m0/s1. The Kier molecular flexibility index (Phi) is 11.9. The number of fused-ring (bicyclic) bond motifs is 1. The lowest BCUT2D eigenvalue weighted by Crippen LogP contribution is -2.56. The number of allylic oxidation sites excluding steroid dienone is 5. The molecule has 2 fully saturated rings. The molecule has 0 radical (unpaired) electrons. The van der Waals surface area contributed by atoms with Gasteiger partial charge in [-0.2, -0.15) is 0 Å². The number of rotatable bonds is 11. The van der Waals surface area contributed by atoms with Crippen LogP contribution in [0.3, 0.4) is 0 Å². The van der Waals surface area contributed by atoms with Gasteiger partial charge in [0, 0.05) is 19.3 Å². The van der Waals surface area contributed by atoms with Gasteiger partial charge in [-0.25, -0.2) is 0 Å². The van der Waals surface area contributed by atoms with Gasteiger partial charge in [0.25, 0.3) is 0 Å². The number of esters is 1. The number of methoxy groups -OCH3 is 1. The SMILES string of the molecule is C=C1C(=CC=C2CCC[C@]3(C)C(CC)=CC[C@@H]23)C[C@](OCCCC(=O)OC)(O[Si](C)(C)C(C)(C)C)CC1O[Si](C)(C)C(C)(C)C. The first-order valence-electron chi connectivity index (χ1n) is 17.5. The van der Waals surface area contributed by atoms with Crippen molar-refractivity contribution in [2.45, 2.75) is 161 Å². The molecule has 0 N–H and O–H groups in total. The Morgan fingerprint density at radius 2 is 1.71 bits per heavy atom. The van der Waals surface area contributed by atoms with Crippen molar-refractivity contribution >= 4 is 22.6 Å². The van der Waals surface area contributed by atoms with Crippen molar-refractivity contribution in [3.63, 3.8) is 0 Å². The van der Waals surface area contributed by atoms with Crippen LogP contribution in [-0.4, -0.2) is 48.2 Å². The summed E-state index contributed by atoms with van der Waals surface area (Å²) in [6, 6.07) is 0. The molecule has 0 aromatic heterocycles. The molecule has 45 heavy (non-hydrogen) atoms. The summed E-state index contributed by atoms with van der Waals surface area (Å²) in [5.74, 6) is -0.492. The van der Waals surface area contributed by atoms with Crippen LogP contribution in [0.4, 0.5) is 0 Å². The Morgan fingerprint density at radius 1 is 1.07 bits per heavy atom. The smallest absolute Gasteiger partial charge is 0.305 e. The highest BCUT2D eigenvalue weighted by Gasteiger charge is 2.51. The Labute approximate surface area is 278 Å². The molecule has 2 saturated carbocycles. The molecular weight excluding hydrogens is 593 g/mol. The molecule has 0 aromatic rings. The van der Waals surface area contributed by atoms with Crippen LogP contribution in [0.5, 0.6) is 0 Å². The second-order valence-electron chi connectivity index (χ2n) is 17.1. The summed E-state index contributed by atoms with van der Waals surface area (Å²) < 4.78 is 26.2. The third-order valence-electron chi connectivity index (χ3n) is 12.0. The van der Waals surface area contributed by atoms with Crippen LogP contribution in [0.25, 0.3) is 0 Å². The molecule has 3 aliphatic rings. The summed E-state index contributed by atoms with van der Waals surface area (Å²) in [5.41, 5.74) is 5.70. The lowest BCUT2D eigenvalue weighted by atomic mass is 9.64. The van der Waals surface area contributed by atoms with Crippen molar-refractivity contribution in [3.8, 4) is 0 Å². The molecule has 3 aliphatic carbocycles. The van der Waals surface area contributed by atoms with E-state index in [2.05, 4.69) is 106 Å². The minimum atomic E-state index is -2.26. The number of hydrogen-bond donors (Lipinski definition) is 0. The Hall–Kier alpha value is -1.26. The molecule has 0 bridgehead atoms. The predicted octanol–water partition coefficient (Wildman–Crippen LogP) is 10.8. The van der Waals surface area contributed by atoms with Gasteiger partial charge >= 0.3 is 5.97 Å². The van der Waals surface area contributed by atoms with Gasteiger partial charge < -0.3 is 18.3 Å². The van der Waals surface area contributed by atoms with Crippen molar-refractivity contribution in [1.29, 1.82) is 0 Å². The van der Waals surface area contributed by atoms with E-state index in [-0.39, 0.29) is 27.6 Å². The third-order valence-corrected chi connectivity index (χ3v) is 20.9. The maximum Gasteiger partial charge on any atom is 0.305 e. The van der Waals surface area contributed by atoms with Crippen molar-refractivity contribution in [2.24, 2.45) is 11.3 Å². The van der Waals surface area contributed by atoms with Gasteiger partial charge in [-0.15, -0.1) is 0 Å². The fourth-order valence-corrected chi connectivity index (χ4v) is 9.71. The summed E-state index contributed by atoms with van der Waals surface area (Å²) in [6.07, 6.45) is 15.1. The highest BCUT2D eigenvalue weighted by molar-refractivity contribution is 6.74. The van der Waals surface area contributed by atoms with Crippen LogP contribution in [-0.2, 0) is 23.1 Å². The van der Waals surface area contributed by atoms with Crippen LogP contribution in [0, 0.1) is 11.3 Å². The molecule has 4 atom stereocenters. The van der Waals surface area contributed by atoms with E-state index in [0.717, 1.165) is 30.4 Å². The van der Waals surface area contributed by atoms with E-state index in [4.69, 9.17) is 18.3 Å². The van der Waals surface area contributed by atoms with Crippen LogP contribution in [0.15, 0.2) is 47.1 Å². The largest absolute Gasteiger partial charge is 0.469 e. The van der Waals surface area contributed by atoms with E-state index in [0.29, 0.717) is 38.2 Å². The summed E-state index contributed by atoms with van der Waals surface area (Å²) in [5, 5.41) is 0.0599. The van der Waals surface area contributed by atoms with Crippen molar-refractivity contribution in [3.05, 3.63) is 47.1 Å². The molecular formula is C38H66O5Si2. The fourth-order valence-electron chi connectivity index (χ4n) is 6.97. The minimum Gasteiger partial charge on any atom is -0.469 e. The van der Waals surface area contributed by atoms with Gasteiger partial charge in [-0.1, -0.05) is 91.3 Å². The molecule has 0 spiro atoms. The lowest BCUT2D eigenvalue weighted by molar-refractivity contribution is -0.209. The Balaban J connectivity index is 2.07. The van der Waals surface area contributed by atoms with E-state index >= 15 is 0 Å². The summed E-state index contributed by atoms with van der Waals surface area (Å²) >= 11 is 0. The predicted molar refractivity (Wildman–Crippen MR) is 193 cm³/mol. The van der Waals surface area contributed by atoms with Crippen LogP contribution in [0.2, 0.25) is 36.3 Å². The summed E-state index contributed by atoms with van der Waals surface area (Å²) in [4.78, 5) is 11.9. The zero-order chi connectivity index (χ0) is 34.1. The molecule has 0 amide bonds. The van der Waals surface area contributed by atoms with Gasteiger partial charge in [0.2, 0.25) is 0 Å². The first kappa shape index (κ1) is 38.2. The first-order chi connectivity index (χ1) is 20.6. The molecule has 1 unspecified atom stereocenters. The Morgan fingerprint density at radius 3 is 2.29 bits per heavy atom. The molecule has 0 aliphatic heterocycles. The number of hydrogen-bond acceptors (Lipinski definition) is 5. The second-order valence-corrected chi connectivity index (χ2v) is 26.6. The molecule has 5 nitrogen and oxygen atoms in total. The lowest BCUT2D eigenvalue weighted by Gasteiger charge is -2.51. The van der Waals surface area contributed by atoms with E-state index < -0.39 is 22.4 Å². The van der Waals surface area contributed by atoms with Gasteiger partial charge in [-0.3, -0.25) is 4.79 Å². The van der Waals surface area contributed by atoms with E-state index in [1.165, 1.54) is 20.0 Å². The van der Waals surface area contributed by atoms with Gasteiger partial charge in [0.05, 0.1) is 19.8 Å². The number of carbonyl (C=O) groups excluding carboxylic acids is 1. The van der Waals surface area contributed by atoms with Crippen molar-refractivity contribution in [1.82, 2.24) is 0 Å². The van der Waals surface area contributed by atoms with Crippen molar-refractivity contribution in [2.75, 3.05) is 13.7 Å². The molecule has 3 rings (SSSR count).